The summed E-state index contributed by atoms with van der Waals surface area (Å²) in [6.45, 7) is 7.58. The van der Waals surface area contributed by atoms with Gasteiger partial charge < -0.3 is 14.8 Å². The van der Waals surface area contributed by atoms with Crippen molar-refractivity contribution in [3.63, 3.8) is 0 Å². The number of benzene rings is 1. The Morgan fingerprint density at radius 3 is 2.63 bits per heavy atom. The van der Waals surface area contributed by atoms with E-state index in [2.05, 4.69) is 26.1 Å². The number of para-hydroxylation sites is 1. The third-order valence-corrected chi connectivity index (χ3v) is 2.82. The summed E-state index contributed by atoms with van der Waals surface area (Å²) in [5.74, 6) is -0.463. The molecule has 19 heavy (non-hydrogen) atoms. The molecule has 4 nitrogen and oxygen atoms in total. The first-order chi connectivity index (χ1) is 8.88. The van der Waals surface area contributed by atoms with Gasteiger partial charge in [-0.25, -0.2) is 4.79 Å². The number of nitrogens with one attached hydrogen (secondary N) is 1. The van der Waals surface area contributed by atoms with E-state index >= 15 is 0 Å². The lowest BCUT2D eigenvalue weighted by atomic mass is 9.97. The zero-order valence-electron chi connectivity index (χ0n) is 11.5. The molecule has 1 aromatic heterocycles. The largest absolute Gasteiger partial charge is 0.478 e. The molecule has 2 rings (SSSR count). The van der Waals surface area contributed by atoms with E-state index < -0.39 is 5.97 Å². The molecule has 4 heteroatoms. The normalized spacial score (nSPS) is 11.9. The Labute approximate surface area is 112 Å². The van der Waals surface area contributed by atoms with Gasteiger partial charge in [0.05, 0.1) is 6.54 Å². The summed E-state index contributed by atoms with van der Waals surface area (Å²) in [6, 6.07) is 7.21. The molecular weight excluding hydrogens is 242 g/mol. The minimum Gasteiger partial charge on any atom is -0.478 e. The standard InChI is InChI=1S/C15H19NO3/c1-15(2,3)9-16-8-12-13(14(17)18)10-6-4-5-7-11(10)19-12/h4-7,16H,8-9H2,1-3H3,(H,17,18). The molecule has 0 atom stereocenters. The summed E-state index contributed by atoms with van der Waals surface area (Å²) < 4.78 is 5.63. The van der Waals surface area contributed by atoms with Crippen LogP contribution in [-0.2, 0) is 6.54 Å². The molecule has 0 unspecified atom stereocenters. The number of hydrogen-bond donors (Lipinski definition) is 2. The molecule has 0 aliphatic rings. The van der Waals surface area contributed by atoms with Crippen molar-refractivity contribution in [1.29, 1.82) is 0 Å². The Kier molecular flexibility index (Phi) is 3.62. The van der Waals surface area contributed by atoms with Gasteiger partial charge in [0.25, 0.3) is 0 Å². The van der Waals surface area contributed by atoms with Crippen LogP contribution in [0.4, 0.5) is 0 Å². The van der Waals surface area contributed by atoms with Crippen molar-refractivity contribution >= 4 is 16.9 Å². The topological polar surface area (TPSA) is 62.5 Å². The minimum absolute atomic E-state index is 0.148. The van der Waals surface area contributed by atoms with E-state index in [9.17, 15) is 9.90 Å². The maximum Gasteiger partial charge on any atom is 0.339 e. The second-order valence-electron chi connectivity index (χ2n) is 5.87. The van der Waals surface area contributed by atoms with Crippen LogP contribution in [0.2, 0.25) is 0 Å². The highest BCUT2D eigenvalue weighted by atomic mass is 16.4. The summed E-state index contributed by atoms with van der Waals surface area (Å²) in [5.41, 5.74) is 1.03. The zero-order valence-corrected chi connectivity index (χ0v) is 11.5. The fraction of sp³-hybridized carbons (Fsp3) is 0.400. The third kappa shape index (κ3) is 3.15. The van der Waals surface area contributed by atoms with Crippen LogP contribution in [-0.4, -0.2) is 17.6 Å². The SMILES string of the molecule is CC(C)(C)CNCc1oc2ccccc2c1C(=O)O. The Balaban J connectivity index is 2.27. The first kappa shape index (κ1) is 13.6. The van der Waals surface area contributed by atoms with Gasteiger partial charge in [-0.05, 0) is 11.5 Å². The highest BCUT2D eigenvalue weighted by Crippen LogP contribution is 2.26. The van der Waals surface area contributed by atoms with Gasteiger partial charge in [-0.15, -0.1) is 0 Å². The van der Waals surface area contributed by atoms with Gasteiger partial charge in [0.2, 0.25) is 0 Å². The molecule has 0 aliphatic carbocycles. The number of carboxylic acids is 1. The monoisotopic (exact) mass is 261 g/mol. The second-order valence-corrected chi connectivity index (χ2v) is 5.87. The predicted molar refractivity (Wildman–Crippen MR) is 74.3 cm³/mol. The van der Waals surface area contributed by atoms with Crippen LogP contribution in [0.15, 0.2) is 28.7 Å². The lowest BCUT2D eigenvalue weighted by Gasteiger charge is -2.18. The average molecular weight is 261 g/mol. The number of rotatable bonds is 4. The van der Waals surface area contributed by atoms with Crippen LogP contribution < -0.4 is 5.32 Å². The third-order valence-electron chi connectivity index (χ3n) is 2.82. The highest BCUT2D eigenvalue weighted by Gasteiger charge is 2.20. The van der Waals surface area contributed by atoms with Crippen molar-refractivity contribution in [3.05, 3.63) is 35.6 Å². The van der Waals surface area contributed by atoms with Crippen molar-refractivity contribution in [3.8, 4) is 0 Å². The van der Waals surface area contributed by atoms with Gasteiger partial charge in [0, 0.05) is 11.9 Å². The summed E-state index contributed by atoms with van der Waals surface area (Å²) >= 11 is 0. The Morgan fingerprint density at radius 1 is 1.32 bits per heavy atom. The lowest BCUT2D eigenvalue weighted by molar-refractivity contribution is 0.0696. The lowest BCUT2D eigenvalue weighted by Crippen LogP contribution is -2.26. The average Bonchev–Trinajstić information content (AvgIpc) is 2.65. The van der Waals surface area contributed by atoms with Crippen molar-refractivity contribution < 1.29 is 14.3 Å². The molecule has 102 valence electrons. The molecular formula is C15H19NO3. The molecule has 0 saturated heterocycles. The van der Waals surface area contributed by atoms with Crippen LogP contribution in [0, 0.1) is 5.41 Å². The van der Waals surface area contributed by atoms with Crippen LogP contribution in [0.5, 0.6) is 0 Å². The number of carboxylic acid groups (broad SMARTS) is 1. The molecule has 0 spiro atoms. The van der Waals surface area contributed by atoms with Gasteiger partial charge in [-0.3, -0.25) is 0 Å². The number of fused-ring (bicyclic) bond motifs is 1. The van der Waals surface area contributed by atoms with Crippen LogP contribution in [0.25, 0.3) is 11.0 Å². The van der Waals surface area contributed by atoms with Gasteiger partial charge in [-0.1, -0.05) is 39.0 Å². The van der Waals surface area contributed by atoms with Gasteiger partial charge in [-0.2, -0.15) is 0 Å². The fourth-order valence-corrected chi connectivity index (χ4v) is 2.01. The Bertz CT molecular complexity index is 593. The predicted octanol–water partition coefficient (Wildman–Crippen LogP) is 3.27. The van der Waals surface area contributed by atoms with E-state index in [1.807, 2.05) is 12.1 Å². The maximum atomic E-state index is 11.4. The highest BCUT2D eigenvalue weighted by molar-refractivity contribution is 6.03. The smallest absolute Gasteiger partial charge is 0.339 e. The second kappa shape index (κ2) is 5.05. The van der Waals surface area contributed by atoms with Crippen molar-refractivity contribution in [1.82, 2.24) is 5.32 Å². The Hall–Kier alpha value is -1.81. The maximum absolute atomic E-state index is 11.4. The summed E-state index contributed by atoms with van der Waals surface area (Å²) in [5, 5.41) is 13.2. The molecule has 2 N–H and O–H groups in total. The number of furan rings is 1. The van der Waals surface area contributed by atoms with Gasteiger partial charge >= 0.3 is 5.97 Å². The van der Waals surface area contributed by atoms with Crippen molar-refractivity contribution in [2.24, 2.45) is 5.41 Å². The van der Waals surface area contributed by atoms with Crippen LogP contribution in [0.1, 0.15) is 36.9 Å². The number of hydrogen-bond acceptors (Lipinski definition) is 3. The quantitative estimate of drug-likeness (QED) is 0.886. The van der Waals surface area contributed by atoms with E-state index in [1.54, 1.807) is 12.1 Å². The summed E-state index contributed by atoms with van der Waals surface area (Å²) in [4.78, 5) is 11.4. The zero-order chi connectivity index (χ0) is 14.0. The van der Waals surface area contributed by atoms with E-state index in [0.29, 0.717) is 23.3 Å². The fourth-order valence-electron chi connectivity index (χ4n) is 2.01. The van der Waals surface area contributed by atoms with E-state index in [4.69, 9.17) is 4.42 Å². The van der Waals surface area contributed by atoms with Gasteiger partial charge in [0.1, 0.15) is 16.9 Å². The molecule has 0 fully saturated rings. The minimum atomic E-state index is -0.947. The molecule has 1 heterocycles. The number of aromatic carboxylic acids is 1. The first-order valence-corrected chi connectivity index (χ1v) is 6.33. The van der Waals surface area contributed by atoms with Gasteiger partial charge in [0.15, 0.2) is 0 Å². The molecule has 0 saturated carbocycles. The Morgan fingerprint density at radius 2 is 2.00 bits per heavy atom. The summed E-state index contributed by atoms with van der Waals surface area (Å²) in [6.07, 6.45) is 0. The first-order valence-electron chi connectivity index (χ1n) is 6.33. The summed E-state index contributed by atoms with van der Waals surface area (Å²) in [7, 11) is 0. The van der Waals surface area contributed by atoms with Crippen LogP contribution >= 0.6 is 0 Å². The van der Waals surface area contributed by atoms with E-state index in [-0.39, 0.29) is 11.0 Å². The molecule has 0 amide bonds. The molecule has 2 aromatic rings. The molecule has 0 aliphatic heterocycles. The van der Waals surface area contributed by atoms with Crippen molar-refractivity contribution in [2.45, 2.75) is 27.3 Å². The van der Waals surface area contributed by atoms with Crippen LogP contribution in [0.3, 0.4) is 0 Å². The van der Waals surface area contributed by atoms with E-state index in [1.165, 1.54) is 0 Å². The molecule has 0 bridgehead atoms. The molecule has 0 radical (unpaired) electrons. The van der Waals surface area contributed by atoms with Crippen molar-refractivity contribution in [2.75, 3.05) is 6.54 Å². The van der Waals surface area contributed by atoms with E-state index in [0.717, 1.165) is 6.54 Å². The molecule has 1 aromatic carbocycles. The number of carbonyl (C=O) groups is 1.